The van der Waals surface area contributed by atoms with Crippen LogP contribution in [0.2, 0.25) is 0 Å². The van der Waals surface area contributed by atoms with Gasteiger partial charge in [-0.15, -0.1) is 0 Å². The fourth-order valence-corrected chi connectivity index (χ4v) is 13.6. The van der Waals surface area contributed by atoms with Crippen molar-refractivity contribution in [2.45, 2.75) is 96.5 Å². The molecule has 0 atom stereocenters. The van der Waals surface area contributed by atoms with Crippen molar-refractivity contribution in [1.82, 2.24) is 0 Å². The maximum atomic E-state index is 2.54. The first-order valence-corrected chi connectivity index (χ1v) is 9.95. The monoisotopic (exact) mass is 258 g/mol. The van der Waals surface area contributed by atoms with Crippen LogP contribution in [0.4, 0.5) is 0 Å². The summed E-state index contributed by atoms with van der Waals surface area (Å²) >= 11 is 0. The Balaban J connectivity index is 3.10. The second-order valence-electron chi connectivity index (χ2n) is 8.20. The van der Waals surface area contributed by atoms with Gasteiger partial charge >= 0.3 is 110 Å². The molecule has 0 aromatic rings. The summed E-state index contributed by atoms with van der Waals surface area (Å²) in [5.74, 6) is 0. The molecular weight excluding hydrogens is 223 g/mol. The predicted octanol–water partition coefficient (Wildman–Crippen LogP) is 5.69. The van der Waals surface area contributed by atoms with E-state index in [1.54, 1.807) is 6.16 Å². The van der Waals surface area contributed by atoms with Gasteiger partial charge in [0.2, 0.25) is 0 Å². The van der Waals surface area contributed by atoms with Crippen LogP contribution < -0.4 is 0 Å². The van der Waals surface area contributed by atoms with E-state index < -0.39 is 7.26 Å². The van der Waals surface area contributed by atoms with E-state index in [4.69, 9.17) is 0 Å². The van der Waals surface area contributed by atoms with E-state index in [1.807, 2.05) is 0 Å². The Morgan fingerprint density at radius 3 is 1.65 bits per heavy atom. The molecule has 1 saturated carbocycles. The fourth-order valence-electron chi connectivity index (χ4n) is 4.66. The van der Waals surface area contributed by atoms with Crippen molar-refractivity contribution < 1.29 is 0 Å². The van der Waals surface area contributed by atoms with E-state index in [-0.39, 0.29) is 0 Å². The molecule has 1 aliphatic carbocycles. The van der Waals surface area contributed by atoms with Crippen molar-refractivity contribution in [3.63, 3.8) is 0 Å². The Hall–Kier alpha value is 0.430. The molecule has 0 heterocycles. The summed E-state index contributed by atoms with van der Waals surface area (Å²) in [6.07, 6.45) is 8.94. The maximum absolute atomic E-state index is 2.54. The molecule has 0 amide bonds. The number of unbranched alkanes of at least 4 members (excludes halogenated alkanes) is 1. The van der Waals surface area contributed by atoms with Gasteiger partial charge in [0.1, 0.15) is 0 Å². The predicted molar refractivity (Wildman–Crippen MR) is 85.2 cm³/mol. The molecule has 0 N–H and O–H groups in total. The van der Waals surface area contributed by atoms with Crippen molar-refractivity contribution in [1.29, 1.82) is 0 Å². The van der Waals surface area contributed by atoms with Crippen LogP contribution in [0.25, 0.3) is 0 Å². The van der Waals surface area contributed by atoms with E-state index >= 15 is 0 Å². The molecule has 0 aromatic heterocycles. The van der Waals surface area contributed by atoms with Gasteiger partial charge < -0.3 is 0 Å². The zero-order valence-electron chi connectivity index (χ0n) is 13.3. The second-order valence-corrected chi connectivity index (χ2v) is 14.5. The Morgan fingerprint density at radius 2 is 1.41 bits per heavy atom. The van der Waals surface area contributed by atoms with Crippen LogP contribution in [0.3, 0.4) is 0 Å². The molecule has 0 saturated heterocycles. The van der Waals surface area contributed by atoms with E-state index in [9.17, 15) is 0 Å². The Labute approximate surface area is 110 Å². The van der Waals surface area contributed by atoms with Crippen molar-refractivity contribution in [2.24, 2.45) is 0 Å². The molecule has 104 valence electrons. The first-order chi connectivity index (χ1) is 7.67. The first kappa shape index (κ1) is 15.5. The third-order valence-corrected chi connectivity index (χ3v) is 13.9. The quantitative estimate of drug-likeness (QED) is 0.569. The molecule has 1 fully saturated rings. The van der Waals surface area contributed by atoms with Crippen LogP contribution in [-0.4, -0.2) is 22.1 Å². The standard InChI is InChI=1S/C16H35P/c1-8-9-13-17(15(2,3)4,16(5,6)7)14-11-10-12-14/h14,17H,8-13H2,1-7H3. The van der Waals surface area contributed by atoms with E-state index in [1.165, 1.54) is 32.1 Å². The summed E-state index contributed by atoms with van der Waals surface area (Å²) < 4.78 is 0. The number of hydrogen-bond acceptors (Lipinski definition) is 0. The molecule has 0 bridgehead atoms. The van der Waals surface area contributed by atoms with Gasteiger partial charge in [-0.2, -0.15) is 0 Å². The van der Waals surface area contributed by atoms with Gasteiger partial charge in [0, 0.05) is 0 Å². The average Bonchev–Trinajstić information content (AvgIpc) is 2.04. The van der Waals surface area contributed by atoms with Gasteiger partial charge in [0.25, 0.3) is 0 Å². The molecule has 0 radical (unpaired) electrons. The van der Waals surface area contributed by atoms with Gasteiger partial charge in [-0.05, 0) is 0 Å². The van der Waals surface area contributed by atoms with Crippen LogP contribution >= 0.6 is 7.26 Å². The van der Waals surface area contributed by atoms with Gasteiger partial charge in [0.05, 0.1) is 0 Å². The van der Waals surface area contributed by atoms with Crippen molar-refractivity contribution in [3.05, 3.63) is 0 Å². The van der Waals surface area contributed by atoms with Crippen LogP contribution in [0, 0.1) is 0 Å². The summed E-state index contributed by atoms with van der Waals surface area (Å²) in [7, 11) is -1.24. The third-order valence-electron chi connectivity index (χ3n) is 5.40. The molecule has 0 unspecified atom stereocenters. The molecule has 0 nitrogen and oxygen atoms in total. The zero-order chi connectivity index (χ0) is 13.3. The first-order valence-electron chi connectivity index (χ1n) is 7.67. The molecule has 0 spiro atoms. The van der Waals surface area contributed by atoms with Crippen LogP contribution in [0.1, 0.15) is 80.6 Å². The fraction of sp³-hybridized carbons (Fsp3) is 1.00. The molecule has 1 rings (SSSR count). The molecule has 0 aliphatic heterocycles. The van der Waals surface area contributed by atoms with Crippen LogP contribution in [0.15, 0.2) is 0 Å². The third kappa shape index (κ3) is 2.73. The van der Waals surface area contributed by atoms with Crippen LogP contribution in [0.5, 0.6) is 0 Å². The molecule has 1 heteroatoms. The van der Waals surface area contributed by atoms with E-state index in [2.05, 4.69) is 48.5 Å². The molecule has 0 aromatic carbocycles. The van der Waals surface area contributed by atoms with Gasteiger partial charge in [-0.3, -0.25) is 0 Å². The Bertz CT molecular complexity index is 223. The van der Waals surface area contributed by atoms with E-state index in [0.717, 1.165) is 5.66 Å². The van der Waals surface area contributed by atoms with Crippen LogP contribution in [-0.2, 0) is 0 Å². The summed E-state index contributed by atoms with van der Waals surface area (Å²) in [5.41, 5.74) is 1.11. The molecule has 1 aliphatic rings. The van der Waals surface area contributed by atoms with Crippen molar-refractivity contribution in [3.8, 4) is 0 Å². The summed E-state index contributed by atoms with van der Waals surface area (Å²) in [5, 5.41) is 1.12. The topological polar surface area (TPSA) is 0 Å². The van der Waals surface area contributed by atoms with Crippen molar-refractivity contribution >= 4 is 7.26 Å². The minimum absolute atomic E-state index is 0.561. The average molecular weight is 258 g/mol. The summed E-state index contributed by atoms with van der Waals surface area (Å²) in [6.45, 7) is 17.6. The van der Waals surface area contributed by atoms with Gasteiger partial charge in [-0.1, -0.05) is 0 Å². The Morgan fingerprint density at radius 1 is 0.941 bits per heavy atom. The van der Waals surface area contributed by atoms with Gasteiger partial charge in [0.15, 0.2) is 0 Å². The number of hydrogen-bond donors (Lipinski definition) is 0. The Kier molecular flexibility index (Phi) is 4.74. The normalized spacial score (nSPS) is 20.2. The molecular formula is C16H35P. The zero-order valence-corrected chi connectivity index (χ0v) is 14.3. The van der Waals surface area contributed by atoms with Crippen molar-refractivity contribution in [2.75, 3.05) is 6.16 Å². The van der Waals surface area contributed by atoms with Gasteiger partial charge in [-0.25, -0.2) is 0 Å². The minimum atomic E-state index is -1.24. The number of rotatable bonds is 4. The van der Waals surface area contributed by atoms with E-state index in [0.29, 0.717) is 10.3 Å². The summed E-state index contributed by atoms with van der Waals surface area (Å²) in [6, 6.07) is 0. The summed E-state index contributed by atoms with van der Waals surface area (Å²) in [4.78, 5) is 0. The molecule has 17 heavy (non-hydrogen) atoms. The SMILES string of the molecule is CCCC[PH](C1CCC1)(C(C)(C)C)C(C)(C)C. The second kappa shape index (κ2) is 5.20.